The van der Waals surface area contributed by atoms with Crippen LogP contribution in [0.25, 0.3) is 10.9 Å². The molecule has 2 saturated heterocycles. The Balaban J connectivity index is 1.59. The van der Waals surface area contributed by atoms with Gasteiger partial charge in [0.05, 0.1) is 0 Å². The standard InChI is InChI=1S/C28H28F3I2N5O4S/c1-3-43(41,42)24-5-4-17(26-32-14-33-26)8-18(24)11-38-15-35-25-20(27(38)40)9-23(28(29,30)31)22(21(25)10-34)13-37-7-6-19(12-37)36-16(2)39/h4-5,8-9,15,19,26H,3,6-7,11-14H2,1-2H3,(H,36,39)/q-2/t19-/m1/s1. The van der Waals surface area contributed by atoms with Gasteiger partial charge in [-0.05, 0) is 6.42 Å². The van der Waals surface area contributed by atoms with Crippen LogP contribution in [0.4, 0.5) is 13.2 Å². The molecule has 1 amide bonds. The third kappa shape index (κ3) is 6.71. The summed E-state index contributed by atoms with van der Waals surface area (Å²) in [6.45, 7) is 3.26. The van der Waals surface area contributed by atoms with E-state index in [2.05, 4.69) is 10.3 Å². The quantitative estimate of drug-likeness (QED) is 0.190. The number of alkyl halides is 7. The zero-order valence-corrected chi connectivity index (χ0v) is 28.3. The molecule has 1 atom stereocenters. The van der Waals surface area contributed by atoms with Crippen molar-refractivity contribution in [2.75, 3.05) is 21.3 Å². The summed E-state index contributed by atoms with van der Waals surface area (Å²) in [5, 5.41) is 12.4. The number of benzene rings is 2. The fourth-order valence-corrected chi connectivity index (χ4v) is 13.4. The number of fused-ring (bicyclic) bond motifs is 1. The number of aromatic nitrogens is 2. The normalized spacial score (nSPS) is 18.4. The van der Waals surface area contributed by atoms with Crippen molar-refractivity contribution in [1.29, 1.82) is 5.26 Å². The number of nitriles is 1. The summed E-state index contributed by atoms with van der Waals surface area (Å²) in [6, 6.07) is 7.63. The van der Waals surface area contributed by atoms with Crippen LogP contribution < -0.4 is 53.3 Å². The number of halogens is 5. The molecule has 2 aliphatic heterocycles. The van der Waals surface area contributed by atoms with Gasteiger partial charge in [-0.2, -0.15) is 0 Å². The molecule has 2 aromatic carbocycles. The molecule has 3 heterocycles. The van der Waals surface area contributed by atoms with E-state index in [4.69, 9.17) is 0 Å². The van der Waals surface area contributed by atoms with Crippen LogP contribution in [0.3, 0.4) is 0 Å². The van der Waals surface area contributed by atoms with E-state index in [0.717, 1.165) is 16.2 Å². The number of sulfone groups is 1. The summed E-state index contributed by atoms with van der Waals surface area (Å²) in [5.74, 6) is -0.372. The first-order valence-electron chi connectivity index (χ1n) is 13.3. The van der Waals surface area contributed by atoms with Gasteiger partial charge < -0.3 is 5.32 Å². The molecule has 0 radical (unpaired) electrons. The number of hydrogen-bond donors (Lipinski definition) is 1. The molecule has 232 valence electrons. The van der Waals surface area contributed by atoms with Gasteiger partial charge in [-0.1, -0.05) is 0 Å². The van der Waals surface area contributed by atoms with Gasteiger partial charge in [-0.15, -0.1) is 0 Å². The number of rotatable bonds is 8. The van der Waals surface area contributed by atoms with E-state index in [1.54, 1.807) is 11.0 Å². The Morgan fingerprint density at radius 1 is 1.23 bits per heavy atom. The van der Waals surface area contributed by atoms with Crippen molar-refractivity contribution < 1.29 is 68.8 Å². The molecular weight excluding hydrogens is 813 g/mol. The molecule has 2 fully saturated rings. The second-order valence-corrected chi connectivity index (χ2v) is 23.7. The summed E-state index contributed by atoms with van der Waals surface area (Å²) < 4.78 is 71.9. The Labute approximate surface area is 267 Å². The van der Waals surface area contributed by atoms with Crippen molar-refractivity contribution in [2.24, 2.45) is 0 Å². The number of carbonyl (C=O) groups is 1. The van der Waals surface area contributed by atoms with Gasteiger partial charge in [0.1, 0.15) is 0 Å². The summed E-state index contributed by atoms with van der Waals surface area (Å²) >= 11 is 0.0461. The van der Waals surface area contributed by atoms with Gasteiger partial charge in [0.2, 0.25) is 5.91 Å². The van der Waals surface area contributed by atoms with Crippen LogP contribution in [-0.2, 0) is 33.9 Å². The number of nitrogens with zero attached hydrogens (tertiary/aromatic N) is 4. The SMILES string of the molecule is CCS(=O)(=O)c1ccc(C2[I-]C[I-]2)cc1Cn1cnc2c(C#N)c(CN3CC[C@@H](NC(C)=O)C3)c(C(F)(F)F)cc2c1=O. The van der Waals surface area contributed by atoms with Crippen molar-refractivity contribution in [3.8, 4) is 6.07 Å². The molecule has 2 aliphatic rings. The van der Waals surface area contributed by atoms with E-state index in [1.807, 2.05) is 18.2 Å². The van der Waals surface area contributed by atoms with Crippen molar-refractivity contribution >= 4 is 26.6 Å². The molecular formula is C28H28F3I2N5O4S-2. The van der Waals surface area contributed by atoms with Crippen molar-refractivity contribution in [3.63, 3.8) is 0 Å². The fraction of sp³-hybridized carbons (Fsp3) is 0.429. The molecule has 0 spiro atoms. The average Bonchev–Trinajstić information content (AvgIpc) is 3.34. The summed E-state index contributed by atoms with van der Waals surface area (Å²) in [5.41, 5.74) is -1.17. The molecule has 9 nitrogen and oxygen atoms in total. The second-order valence-electron chi connectivity index (χ2n) is 10.4. The maximum atomic E-state index is 14.4. The van der Waals surface area contributed by atoms with Gasteiger partial charge in [0.25, 0.3) is 0 Å². The van der Waals surface area contributed by atoms with Crippen LogP contribution in [0.2, 0.25) is 0 Å². The first-order chi connectivity index (χ1) is 20.3. The predicted molar refractivity (Wildman–Crippen MR) is 144 cm³/mol. The average molecular weight is 841 g/mol. The minimum absolute atomic E-state index is 0.0231. The Morgan fingerprint density at radius 2 is 1.98 bits per heavy atom. The van der Waals surface area contributed by atoms with Gasteiger partial charge in [0, 0.05) is 26.1 Å². The Hall–Kier alpha value is -2.30. The number of amides is 1. The fourth-order valence-electron chi connectivity index (χ4n) is 5.40. The van der Waals surface area contributed by atoms with Crippen molar-refractivity contribution in [3.05, 3.63) is 68.8 Å². The molecule has 0 saturated carbocycles. The van der Waals surface area contributed by atoms with Gasteiger partial charge in [0.15, 0.2) is 0 Å². The van der Waals surface area contributed by atoms with E-state index in [0.29, 0.717) is 27.0 Å². The zero-order valence-electron chi connectivity index (χ0n) is 23.2. The Bertz CT molecular complexity index is 1800. The predicted octanol–water partition coefficient (Wildman–Crippen LogP) is -3.01. The summed E-state index contributed by atoms with van der Waals surface area (Å²) in [4.78, 5) is 31.2. The third-order valence-electron chi connectivity index (χ3n) is 7.48. The van der Waals surface area contributed by atoms with E-state index < -0.39 is 27.1 Å². The van der Waals surface area contributed by atoms with Crippen molar-refractivity contribution in [2.45, 2.75) is 52.4 Å². The maximum absolute atomic E-state index is 14.4. The van der Waals surface area contributed by atoms with Gasteiger partial charge in [-0.3, -0.25) is 9.69 Å². The molecule has 1 N–H and O–H groups in total. The number of nitrogens with one attached hydrogen (secondary N) is 1. The molecule has 15 heteroatoms. The molecule has 0 bridgehead atoms. The van der Waals surface area contributed by atoms with Crippen LogP contribution in [-0.4, -0.2) is 56.1 Å². The number of carbonyl (C=O) groups excluding carboxylic acids is 1. The van der Waals surface area contributed by atoms with Gasteiger partial charge in [-0.25, -0.2) is 0 Å². The van der Waals surface area contributed by atoms with Crippen LogP contribution in [0.15, 0.2) is 40.3 Å². The topological polar surface area (TPSA) is 125 Å². The van der Waals surface area contributed by atoms with E-state index in [-0.39, 0.29) is 100 Å². The molecule has 1 aromatic heterocycles. The Morgan fingerprint density at radius 3 is 2.58 bits per heavy atom. The van der Waals surface area contributed by atoms with Crippen LogP contribution in [0, 0.1) is 11.3 Å². The zero-order chi connectivity index (χ0) is 31.1. The second kappa shape index (κ2) is 12.6. The molecule has 3 aromatic rings. The van der Waals surface area contributed by atoms with Crippen LogP contribution >= 0.6 is 0 Å². The van der Waals surface area contributed by atoms with Gasteiger partial charge >= 0.3 is 216 Å². The molecule has 0 unspecified atom stereocenters. The number of likely N-dealkylation sites (tertiary alicyclic amines) is 1. The Kier molecular flexibility index (Phi) is 9.41. The van der Waals surface area contributed by atoms with E-state index in [9.17, 15) is 36.4 Å². The summed E-state index contributed by atoms with van der Waals surface area (Å²) in [6.07, 6.45) is -3.13. The third-order valence-corrected chi connectivity index (χ3v) is 21.9. The number of hydrogen-bond acceptors (Lipinski definition) is 7. The first kappa shape index (κ1) is 32.1. The van der Waals surface area contributed by atoms with Crippen molar-refractivity contribution in [1.82, 2.24) is 19.8 Å². The van der Waals surface area contributed by atoms with E-state index in [1.165, 1.54) is 22.6 Å². The molecule has 5 rings (SSSR count). The minimum atomic E-state index is -4.86. The molecule has 43 heavy (non-hydrogen) atoms. The molecule has 0 aliphatic carbocycles. The first-order valence-corrected chi connectivity index (χ1v) is 20.5. The summed E-state index contributed by atoms with van der Waals surface area (Å²) in [7, 11) is -3.64. The monoisotopic (exact) mass is 841 g/mol. The van der Waals surface area contributed by atoms with E-state index >= 15 is 0 Å². The van der Waals surface area contributed by atoms with Crippen LogP contribution in [0.5, 0.6) is 0 Å². The van der Waals surface area contributed by atoms with Crippen LogP contribution in [0.1, 0.15) is 50.0 Å².